The van der Waals surface area contributed by atoms with E-state index in [4.69, 9.17) is 9.84 Å². The Balaban J connectivity index is 2.23. The summed E-state index contributed by atoms with van der Waals surface area (Å²) in [5, 5.41) is 18.7. The minimum absolute atomic E-state index is 0.00428. The molecule has 1 aromatic carbocycles. The van der Waals surface area contributed by atoms with E-state index >= 15 is 0 Å². The molecular weight excluding hydrogens is 198 g/mol. The fourth-order valence-electron chi connectivity index (χ4n) is 1.19. The molecule has 0 bridgehead atoms. The fraction of sp³-hybridized carbons (Fsp3) is 0.222. The molecule has 0 saturated carbocycles. The molecule has 2 aromatic rings. The molecule has 1 aromatic heterocycles. The standard InChI is InChI=1S/C9H9N3O3/c13-3-4-15-9(14)6-1-2-7-8(5-6)11-12-10-7/h1-2,5,13H,3-4H2,(H,10,11,12). The molecule has 0 aliphatic rings. The summed E-state index contributed by atoms with van der Waals surface area (Å²) in [5.74, 6) is -0.478. The van der Waals surface area contributed by atoms with Gasteiger partial charge in [0, 0.05) is 0 Å². The molecule has 0 radical (unpaired) electrons. The van der Waals surface area contributed by atoms with Gasteiger partial charge in [0.2, 0.25) is 0 Å². The van der Waals surface area contributed by atoms with Gasteiger partial charge in [-0.25, -0.2) is 4.79 Å². The minimum Gasteiger partial charge on any atom is -0.460 e. The molecule has 0 amide bonds. The number of carbonyl (C=O) groups excluding carboxylic acids is 1. The normalized spacial score (nSPS) is 10.5. The van der Waals surface area contributed by atoms with Gasteiger partial charge in [-0.2, -0.15) is 15.4 Å². The number of nitrogens with zero attached hydrogens (tertiary/aromatic N) is 2. The van der Waals surface area contributed by atoms with Crippen molar-refractivity contribution in [3.63, 3.8) is 0 Å². The first kappa shape index (κ1) is 9.60. The molecule has 0 spiro atoms. The summed E-state index contributed by atoms with van der Waals surface area (Å²) < 4.78 is 4.76. The average Bonchev–Trinajstić information content (AvgIpc) is 2.72. The monoisotopic (exact) mass is 207 g/mol. The highest BCUT2D eigenvalue weighted by atomic mass is 16.5. The Kier molecular flexibility index (Phi) is 2.59. The number of aliphatic hydroxyl groups excluding tert-OH is 1. The zero-order chi connectivity index (χ0) is 10.7. The number of rotatable bonds is 3. The summed E-state index contributed by atoms with van der Waals surface area (Å²) in [4.78, 5) is 11.4. The lowest BCUT2D eigenvalue weighted by atomic mass is 10.2. The van der Waals surface area contributed by atoms with Crippen molar-refractivity contribution in [3.8, 4) is 0 Å². The first-order chi connectivity index (χ1) is 7.31. The van der Waals surface area contributed by atoms with E-state index in [-0.39, 0.29) is 13.2 Å². The predicted octanol–water partition coefficient (Wildman–Crippen LogP) is 0.107. The molecule has 2 N–H and O–H groups in total. The SMILES string of the molecule is O=C(OCCO)c1ccc2n[nH]nc2c1. The number of aliphatic hydroxyl groups is 1. The quantitative estimate of drug-likeness (QED) is 0.697. The van der Waals surface area contributed by atoms with Crippen LogP contribution in [0.4, 0.5) is 0 Å². The maximum atomic E-state index is 11.4. The fourth-order valence-corrected chi connectivity index (χ4v) is 1.19. The molecule has 2 rings (SSSR count). The van der Waals surface area contributed by atoms with E-state index in [9.17, 15) is 4.79 Å². The largest absolute Gasteiger partial charge is 0.460 e. The molecule has 0 fully saturated rings. The number of fused-ring (bicyclic) bond motifs is 1. The van der Waals surface area contributed by atoms with Crippen molar-refractivity contribution in [2.75, 3.05) is 13.2 Å². The molecule has 0 aliphatic carbocycles. The van der Waals surface area contributed by atoms with Crippen molar-refractivity contribution < 1.29 is 14.6 Å². The highest BCUT2D eigenvalue weighted by Crippen LogP contribution is 2.11. The maximum absolute atomic E-state index is 11.4. The summed E-state index contributed by atoms with van der Waals surface area (Å²) in [7, 11) is 0. The van der Waals surface area contributed by atoms with Crippen LogP contribution >= 0.6 is 0 Å². The predicted molar refractivity (Wildman–Crippen MR) is 51.3 cm³/mol. The van der Waals surface area contributed by atoms with Crippen molar-refractivity contribution in [2.45, 2.75) is 0 Å². The van der Waals surface area contributed by atoms with Gasteiger partial charge in [0.25, 0.3) is 0 Å². The topological polar surface area (TPSA) is 88.1 Å². The maximum Gasteiger partial charge on any atom is 0.338 e. The van der Waals surface area contributed by atoms with Crippen LogP contribution in [0.1, 0.15) is 10.4 Å². The van der Waals surface area contributed by atoms with Crippen LogP contribution in [0.2, 0.25) is 0 Å². The second-order valence-corrected chi connectivity index (χ2v) is 2.89. The van der Waals surface area contributed by atoms with Crippen molar-refractivity contribution in [2.24, 2.45) is 0 Å². The molecule has 0 saturated heterocycles. The summed E-state index contributed by atoms with van der Waals surface area (Å²) in [5.41, 5.74) is 1.69. The molecule has 0 unspecified atom stereocenters. The summed E-state index contributed by atoms with van der Waals surface area (Å²) in [6, 6.07) is 4.86. The van der Waals surface area contributed by atoms with Gasteiger partial charge in [-0.05, 0) is 18.2 Å². The first-order valence-electron chi connectivity index (χ1n) is 4.40. The number of esters is 1. The third-order valence-electron chi connectivity index (χ3n) is 1.88. The Bertz CT molecular complexity index is 480. The highest BCUT2D eigenvalue weighted by Gasteiger charge is 2.08. The number of hydrogen-bond acceptors (Lipinski definition) is 5. The summed E-state index contributed by atoms with van der Waals surface area (Å²) in [6.45, 7) is -0.187. The zero-order valence-corrected chi connectivity index (χ0v) is 7.80. The number of carbonyl (C=O) groups is 1. The number of aromatic nitrogens is 3. The van der Waals surface area contributed by atoms with Gasteiger partial charge in [0.1, 0.15) is 17.6 Å². The number of H-pyrrole nitrogens is 1. The molecule has 0 aliphatic heterocycles. The van der Waals surface area contributed by atoms with Gasteiger partial charge in [0.05, 0.1) is 12.2 Å². The Hall–Kier alpha value is -1.95. The van der Waals surface area contributed by atoms with Crippen molar-refractivity contribution >= 4 is 17.0 Å². The van der Waals surface area contributed by atoms with Crippen molar-refractivity contribution in [3.05, 3.63) is 23.8 Å². The second kappa shape index (κ2) is 4.05. The van der Waals surface area contributed by atoms with Gasteiger partial charge >= 0.3 is 5.97 Å². The lowest BCUT2D eigenvalue weighted by Gasteiger charge is -2.01. The smallest absolute Gasteiger partial charge is 0.338 e. The molecular formula is C9H9N3O3. The number of hydrogen-bond donors (Lipinski definition) is 2. The van der Waals surface area contributed by atoms with Crippen LogP contribution in [0.3, 0.4) is 0 Å². The zero-order valence-electron chi connectivity index (χ0n) is 7.80. The second-order valence-electron chi connectivity index (χ2n) is 2.89. The van der Waals surface area contributed by atoms with Crippen LogP contribution in [-0.2, 0) is 4.74 Å². The molecule has 6 nitrogen and oxygen atoms in total. The van der Waals surface area contributed by atoms with Gasteiger partial charge in [-0.3, -0.25) is 0 Å². The Labute approximate surface area is 84.9 Å². The van der Waals surface area contributed by atoms with Crippen LogP contribution in [0, 0.1) is 0 Å². The Morgan fingerprint density at radius 2 is 2.20 bits per heavy atom. The highest BCUT2D eigenvalue weighted by molar-refractivity contribution is 5.93. The molecule has 1 heterocycles. The van der Waals surface area contributed by atoms with Crippen molar-refractivity contribution in [1.82, 2.24) is 15.4 Å². The average molecular weight is 207 g/mol. The Morgan fingerprint density at radius 3 is 3.00 bits per heavy atom. The van der Waals surface area contributed by atoms with Gasteiger partial charge < -0.3 is 9.84 Å². The first-order valence-corrected chi connectivity index (χ1v) is 4.40. The van der Waals surface area contributed by atoms with E-state index in [0.29, 0.717) is 16.6 Å². The van der Waals surface area contributed by atoms with E-state index in [0.717, 1.165) is 0 Å². The van der Waals surface area contributed by atoms with Crippen LogP contribution in [-0.4, -0.2) is 39.7 Å². The van der Waals surface area contributed by atoms with Crippen molar-refractivity contribution in [1.29, 1.82) is 0 Å². The Morgan fingerprint density at radius 1 is 1.40 bits per heavy atom. The van der Waals surface area contributed by atoms with Gasteiger partial charge in [-0.15, -0.1) is 0 Å². The van der Waals surface area contributed by atoms with E-state index < -0.39 is 5.97 Å². The molecule has 6 heteroatoms. The van der Waals surface area contributed by atoms with Crippen LogP contribution < -0.4 is 0 Å². The summed E-state index contributed by atoms with van der Waals surface area (Å²) in [6.07, 6.45) is 0. The van der Waals surface area contributed by atoms with Crippen LogP contribution in [0.5, 0.6) is 0 Å². The van der Waals surface area contributed by atoms with Gasteiger partial charge in [0.15, 0.2) is 0 Å². The minimum atomic E-state index is -0.478. The molecule has 0 atom stereocenters. The van der Waals surface area contributed by atoms with E-state index in [2.05, 4.69) is 15.4 Å². The van der Waals surface area contributed by atoms with E-state index in [1.165, 1.54) is 0 Å². The van der Waals surface area contributed by atoms with Crippen LogP contribution in [0.25, 0.3) is 11.0 Å². The van der Waals surface area contributed by atoms with Gasteiger partial charge in [-0.1, -0.05) is 0 Å². The number of benzene rings is 1. The molecule has 15 heavy (non-hydrogen) atoms. The lowest BCUT2D eigenvalue weighted by molar-refractivity contribution is 0.0434. The van der Waals surface area contributed by atoms with Crippen LogP contribution in [0.15, 0.2) is 18.2 Å². The lowest BCUT2D eigenvalue weighted by Crippen LogP contribution is -2.08. The summed E-state index contributed by atoms with van der Waals surface area (Å²) >= 11 is 0. The number of nitrogens with one attached hydrogen (secondary N) is 1. The third-order valence-corrected chi connectivity index (χ3v) is 1.88. The molecule has 78 valence electrons. The number of ether oxygens (including phenoxy) is 1. The van der Waals surface area contributed by atoms with E-state index in [1.54, 1.807) is 18.2 Å². The third kappa shape index (κ3) is 1.94. The van der Waals surface area contributed by atoms with E-state index in [1.807, 2.05) is 0 Å². The number of aromatic amines is 1.